The lowest BCUT2D eigenvalue weighted by atomic mass is 9.77. The average Bonchev–Trinajstić information content (AvgIpc) is 2.89. The van der Waals surface area contributed by atoms with Gasteiger partial charge in [-0.3, -0.25) is 9.48 Å². The molecule has 1 aromatic heterocycles. The molecule has 4 nitrogen and oxygen atoms in total. The van der Waals surface area contributed by atoms with Gasteiger partial charge in [0, 0.05) is 12.5 Å². The van der Waals surface area contributed by atoms with E-state index in [1.807, 2.05) is 4.68 Å². The van der Waals surface area contributed by atoms with Crippen LogP contribution in [0.5, 0.6) is 5.75 Å². The molecule has 2 rings (SSSR count). The Kier molecular flexibility index (Phi) is 5.21. The van der Waals surface area contributed by atoms with Crippen molar-refractivity contribution in [2.45, 2.75) is 58.9 Å². The zero-order chi connectivity index (χ0) is 14.5. The van der Waals surface area contributed by atoms with E-state index in [0.29, 0.717) is 17.4 Å². The van der Waals surface area contributed by atoms with Gasteiger partial charge >= 0.3 is 0 Å². The number of nitrogens with zero attached hydrogens (tertiary/aromatic N) is 2. The Hall–Kier alpha value is -1.32. The topological polar surface area (TPSA) is 44.1 Å². The van der Waals surface area contributed by atoms with Crippen LogP contribution in [0, 0.1) is 11.8 Å². The molecule has 1 aliphatic rings. The summed E-state index contributed by atoms with van der Waals surface area (Å²) in [5, 5.41) is 4.30. The second kappa shape index (κ2) is 6.91. The number of ketones is 1. The van der Waals surface area contributed by atoms with Gasteiger partial charge in [-0.2, -0.15) is 5.10 Å². The summed E-state index contributed by atoms with van der Waals surface area (Å²) in [6.45, 7) is 5.09. The third-order valence-electron chi connectivity index (χ3n) is 4.43. The number of carbonyl (C=O) groups is 1. The molecular weight excluding hydrogens is 252 g/mol. The van der Waals surface area contributed by atoms with Crippen molar-refractivity contribution in [1.29, 1.82) is 0 Å². The Labute approximate surface area is 121 Å². The Morgan fingerprint density at radius 2 is 2.25 bits per heavy atom. The van der Waals surface area contributed by atoms with Crippen molar-refractivity contribution in [1.82, 2.24) is 9.78 Å². The van der Waals surface area contributed by atoms with E-state index in [0.717, 1.165) is 25.8 Å². The molecule has 1 aromatic rings. The first kappa shape index (κ1) is 15.1. The van der Waals surface area contributed by atoms with Crippen LogP contribution in [-0.2, 0) is 6.54 Å². The lowest BCUT2D eigenvalue weighted by molar-refractivity contribution is 0.0847. The molecule has 1 saturated carbocycles. The molecule has 4 heteroatoms. The predicted molar refractivity (Wildman–Crippen MR) is 79.1 cm³/mol. The van der Waals surface area contributed by atoms with Gasteiger partial charge in [0.15, 0.2) is 11.5 Å². The fourth-order valence-electron chi connectivity index (χ4n) is 3.24. The van der Waals surface area contributed by atoms with E-state index in [1.165, 1.54) is 19.3 Å². The molecule has 1 aliphatic carbocycles. The third kappa shape index (κ3) is 3.05. The number of rotatable bonds is 6. The maximum Gasteiger partial charge on any atom is 0.187 e. The predicted octanol–water partition coefficient (Wildman–Crippen LogP) is 3.70. The summed E-state index contributed by atoms with van der Waals surface area (Å²) in [5.41, 5.74) is 0.677. The zero-order valence-electron chi connectivity index (χ0n) is 12.9. The monoisotopic (exact) mass is 278 g/mol. The van der Waals surface area contributed by atoms with E-state index in [4.69, 9.17) is 4.74 Å². The molecule has 0 N–H and O–H groups in total. The lowest BCUT2D eigenvalue weighted by Crippen LogP contribution is -2.25. The quantitative estimate of drug-likeness (QED) is 0.745. The average molecular weight is 278 g/mol. The second-order valence-corrected chi connectivity index (χ2v) is 5.79. The number of methoxy groups -OCH3 is 1. The number of hydrogen-bond donors (Lipinski definition) is 0. The van der Waals surface area contributed by atoms with E-state index < -0.39 is 0 Å². The summed E-state index contributed by atoms with van der Waals surface area (Å²) < 4.78 is 7.15. The van der Waals surface area contributed by atoms with Crippen LogP contribution in [0.2, 0.25) is 0 Å². The largest absolute Gasteiger partial charge is 0.493 e. The lowest BCUT2D eigenvalue weighted by Gasteiger charge is -2.27. The third-order valence-corrected chi connectivity index (χ3v) is 4.43. The Morgan fingerprint density at radius 1 is 1.45 bits per heavy atom. The van der Waals surface area contributed by atoms with E-state index in [2.05, 4.69) is 18.9 Å². The van der Waals surface area contributed by atoms with E-state index >= 15 is 0 Å². The summed E-state index contributed by atoms with van der Waals surface area (Å²) in [6.07, 6.45) is 8.28. The van der Waals surface area contributed by atoms with Crippen LogP contribution in [-0.4, -0.2) is 22.7 Å². The van der Waals surface area contributed by atoms with Gasteiger partial charge in [-0.15, -0.1) is 0 Å². The molecule has 0 bridgehead atoms. The number of Topliss-reactive ketones (excluding diaryl/α,β-unsaturated/α-hetero) is 1. The summed E-state index contributed by atoms with van der Waals surface area (Å²) in [7, 11) is 1.61. The summed E-state index contributed by atoms with van der Waals surface area (Å²) >= 11 is 0. The van der Waals surface area contributed by atoms with Gasteiger partial charge in [-0.25, -0.2) is 0 Å². The SMILES string of the molecule is CCCn1ncc(OC)c1C(=O)C1CCCC(CC)C1. The van der Waals surface area contributed by atoms with Crippen molar-refractivity contribution in [2.75, 3.05) is 7.11 Å². The minimum absolute atomic E-state index is 0.148. The summed E-state index contributed by atoms with van der Waals surface area (Å²) in [6, 6.07) is 0. The highest BCUT2D eigenvalue weighted by molar-refractivity contribution is 5.98. The highest BCUT2D eigenvalue weighted by Crippen LogP contribution is 2.34. The first-order chi connectivity index (χ1) is 9.71. The molecular formula is C16H26N2O2. The molecule has 112 valence electrons. The van der Waals surface area contributed by atoms with Crippen LogP contribution >= 0.6 is 0 Å². The molecule has 20 heavy (non-hydrogen) atoms. The number of carbonyl (C=O) groups excluding carboxylic acids is 1. The minimum Gasteiger partial charge on any atom is -0.493 e. The molecule has 0 saturated heterocycles. The Morgan fingerprint density at radius 3 is 2.90 bits per heavy atom. The van der Waals surface area contributed by atoms with Crippen molar-refractivity contribution < 1.29 is 9.53 Å². The minimum atomic E-state index is 0.148. The Bertz CT molecular complexity index is 453. The van der Waals surface area contributed by atoms with Gasteiger partial charge in [-0.05, 0) is 25.2 Å². The first-order valence-electron chi connectivity index (χ1n) is 7.85. The molecule has 1 fully saturated rings. The van der Waals surface area contributed by atoms with E-state index in [1.54, 1.807) is 13.3 Å². The highest BCUT2D eigenvalue weighted by Gasteiger charge is 2.31. The summed E-state index contributed by atoms with van der Waals surface area (Å²) in [5.74, 6) is 1.70. The molecule has 0 radical (unpaired) electrons. The van der Waals surface area contributed by atoms with Crippen LogP contribution in [0.4, 0.5) is 0 Å². The van der Waals surface area contributed by atoms with Gasteiger partial charge in [-0.1, -0.05) is 33.1 Å². The van der Waals surface area contributed by atoms with Crippen LogP contribution in [0.15, 0.2) is 6.20 Å². The molecule has 0 aromatic carbocycles. The van der Waals surface area contributed by atoms with Crippen molar-refractivity contribution in [3.8, 4) is 5.75 Å². The first-order valence-corrected chi connectivity index (χ1v) is 7.85. The molecule has 1 heterocycles. The second-order valence-electron chi connectivity index (χ2n) is 5.79. The van der Waals surface area contributed by atoms with Crippen molar-refractivity contribution >= 4 is 5.78 Å². The van der Waals surface area contributed by atoms with E-state index in [9.17, 15) is 4.79 Å². The fourth-order valence-corrected chi connectivity index (χ4v) is 3.24. The number of aromatic nitrogens is 2. The molecule has 2 atom stereocenters. The van der Waals surface area contributed by atoms with Crippen LogP contribution in [0.1, 0.15) is 62.9 Å². The maximum absolute atomic E-state index is 12.9. The van der Waals surface area contributed by atoms with Crippen LogP contribution in [0.3, 0.4) is 0 Å². The van der Waals surface area contributed by atoms with Gasteiger partial charge in [0.2, 0.25) is 0 Å². The number of ether oxygens (including phenoxy) is 1. The zero-order valence-corrected chi connectivity index (χ0v) is 12.9. The van der Waals surface area contributed by atoms with Crippen molar-refractivity contribution in [3.05, 3.63) is 11.9 Å². The fraction of sp³-hybridized carbons (Fsp3) is 0.750. The highest BCUT2D eigenvalue weighted by atomic mass is 16.5. The standard InChI is InChI=1S/C16H26N2O2/c1-4-9-18-15(14(20-3)11-17-18)16(19)13-8-6-7-12(5-2)10-13/h11-13H,4-10H2,1-3H3. The van der Waals surface area contributed by atoms with Gasteiger partial charge in [0.1, 0.15) is 5.69 Å². The van der Waals surface area contributed by atoms with Gasteiger partial charge in [0.25, 0.3) is 0 Å². The summed E-state index contributed by atoms with van der Waals surface area (Å²) in [4.78, 5) is 12.9. The molecule has 0 spiro atoms. The van der Waals surface area contributed by atoms with E-state index in [-0.39, 0.29) is 11.7 Å². The normalized spacial score (nSPS) is 22.8. The van der Waals surface area contributed by atoms with Crippen molar-refractivity contribution in [3.63, 3.8) is 0 Å². The van der Waals surface area contributed by atoms with Crippen molar-refractivity contribution in [2.24, 2.45) is 11.8 Å². The molecule has 0 amide bonds. The number of aryl methyl sites for hydroxylation is 1. The van der Waals surface area contributed by atoms with Gasteiger partial charge < -0.3 is 4.74 Å². The smallest absolute Gasteiger partial charge is 0.187 e. The maximum atomic E-state index is 12.9. The molecule has 2 unspecified atom stereocenters. The van der Waals surface area contributed by atoms with Gasteiger partial charge in [0.05, 0.1) is 13.3 Å². The molecule has 0 aliphatic heterocycles. The Balaban J connectivity index is 2.21. The van der Waals surface area contributed by atoms with Crippen LogP contribution in [0.25, 0.3) is 0 Å². The number of hydrogen-bond acceptors (Lipinski definition) is 3. The van der Waals surface area contributed by atoms with Crippen LogP contribution < -0.4 is 4.74 Å².